The zero-order valence-corrected chi connectivity index (χ0v) is 18.8. The zero-order valence-electron chi connectivity index (χ0n) is 17.3. The van der Waals surface area contributed by atoms with Crippen LogP contribution in [0.25, 0.3) is 0 Å². The van der Waals surface area contributed by atoms with Crippen LogP contribution in [0, 0.1) is 0 Å². The molecule has 164 valence electrons. The maximum atomic E-state index is 13.5. The molecule has 1 aliphatic rings. The molecule has 1 N–H and O–H groups in total. The highest BCUT2D eigenvalue weighted by atomic mass is 35.5. The second kappa shape index (κ2) is 8.73. The highest BCUT2D eigenvalue weighted by molar-refractivity contribution is 6.37. The smallest absolute Gasteiger partial charge is 0.258 e. The van der Waals surface area contributed by atoms with E-state index in [1.54, 1.807) is 47.5 Å². The fraction of sp³-hybridized carbons (Fsp3) is 0.0800. The largest absolute Gasteiger partial charge is 0.322 e. The third-order valence-electron chi connectivity index (χ3n) is 5.54. The van der Waals surface area contributed by atoms with Gasteiger partial charge in [0.25, 0.3) is 11.8 Å². The van der Waals surface area contributed by atoms with E-state index in [1.807, 2.05) is 35.0 Å². The molecule has 0 spiro atoms. The molecule has 2 amide bonds. The maximum absolute atomic E-state index is 13.5. The van der Waals surface area contributed by atoms with Gasteiger partial charge in [-0.3, -0.25) is 14.3 Å². The Morgan fingerprint density at radius 3 is 2.48 bits per heavy atom. The SMILES string of the molecule is O=C(Nc1ccc(C(=O)N2Cc3ccnn3Cc3ccccc32)cc1)c1ccc(Cl)cc1Cl. The fourth-order valence-electron chi connectivity index (χ4n) is 3.86. The van der Waals surface area contributed by atoms with E-state index in [9.17, 15) is 9.59 Å². The first kappa shape index (κ1) is 21.2. The Bertz CT molecular complexity index is 1370. The van der Waals surface area contributed by atoms with Crippen LogP contribution in [0.2, 0.25) is 10.0 Å². The van der Waals surface area contributed by atoms with Gasteiger partial charge in [0.2, 0.25) is 0 Å². The number of halogens is 2. The number of carbonyl (C=O) groups is 2. The molecule has 0 fully saturated rings. The molecule has 5 rings (SSSR count). The Morgan fingerprint density at radius 2 is 1.70 bits per heavy atom. The highest BCUT2D eigenvalue weighted by Crippen LogP contribution is 2.29. The summed E-state index contributed by atoms with van der Waals surface area (Å²) in [6.07, 6.45) is 1.75. The molecule has 2 heterocycles. The van der Waals surface area contributed by atoms with E-state index in [2.05, 4.69) is 10.4 Å². The minimum absolute atomic E-state index is 0.129. The van der Waals surface area contributed by atoms with Gasteiger partial charge in [-0.25, -0.2) is 0 Å². The number of rotatable bonds is 3. The highest BCUT2D eigenvalue weighted by Gasteiger charge is 2.25. The van der Waals surface area contributed by atoms with Gasteiger partial charge in [0.15, 0.2) is 0 Å². The van der Waals surface area contributed by atoms with Crippen molar-refractivity contribution >= 4 is 46.4 Å². The molecule has 8 heteroatoms. The van der Waals surface area contributed by atoms with Crippen LogP contribution in [0.1, 0.15) is 32.0 Å². The molecule has 1 aliphatic heterocycles. The normalized spacial score (nSPS) is 12.5. The lowest BCUT2D eigenvalue weighted by atomic mass is 10.1. The number of fused-ring (bicyclic) bond motifs is 2. The molecular weight excluding hydrogens is 459 g/mol. The topological polar surface area (TPSA) is 67.2 Å². The second-order valence-corrected chi connectivity index (χ2v) is 8.50. The Hall–Kier alpha value is -3.61. The van der Waals surface area contributed by atoms with Gasteiger partial charge in [0, 0.05) is 28.2 Å². The summed E-state index contributed by atoms with van der Waals surface area (Å²) in [5.41, 5.74) is 4.24. The summed E-state index contributed by atoms with van der Waals surface area (Å²) >= 11 is 12.0. The van der Waals surface area contributed by atoms with Crippen LogP contribution in [0.15, 0.2) is 79.0 Å². The third-order valence-corrected chi connectivity index (χ3v) is 6.09. The van der Waals surface area contributed by atoms with Crippen molar-refractivity contribution < 1.29 is 9.59 Å². The van der Waals surface area contributed by atoms with Crippen LogP contribution in [-0.4, -0.2) is 21.6 Å². The van der Waals surface area contributed by atoms with Crippen molar-refractivity contribution in [2.24, 2.45) is 0 Å². The predicted octanol–water partition coefficient (Wildman–Crippen LogP) is 5.65. The summed E-state index contributed by atoms with van der Waals surface area (Å²) in [4.78, 5) is 27.8. The van der Waals surface area contributed by atoms with Crippen molar-refractivity contribution in [3.05, 3.63) is 111 Å². The minimum atomic E-state index is -0.356. The molecule has 0 radical (unpaired) electrons. The molecule has 0 saturated heterocycles. The zero-order chi connectivity index (χ0) is 22.9. The number of nitrogens with zero attached hydrogens (tertiary/aromatic N) is 3. The first-order valence-electron chi connectivity index (χ1n) is 10.3. The van der Waals surface area contributed by atoms with Gasteiger partial charge in [0.05, 0.1) is 29.4 Å². The summed E-state index contributed by atoms with van der Waals surface area (Å²) in [6.45, 7) is 1.03. The summed E-state index contributed by atoms with van der Waals surface area (Å²) in [5, 5.41) is 7.90. The molecule has 0 bridgehead atoms. The Balaban J connectivity index is 1.38. The van der Waals surface area contributed by atoms with Crippen molar-refractivity contribution in [2.75, 3.05) is 10.2 Å². The molecule has 0 aliphatic carbocycles. The third kappa shape index (κ3) is 4.23. The maximum Gasteiger partial charge on any atom is 0.258 e. The van der Waals surface area contributed by atoms with E-state index in [1.165, 1.54) is 6.07 Å². The monoisotopic (exact) mass is 476 g/mol. The fourth-order valence-corrected chi connectivity index (χ4v) is 4.35. The van der Waals surface area contributed by atoms with E-state index in [-0.39, 0.29) is 16.8 Å². The number of hydrogen-bond acceptors (Lipinski definition) is 3. The van der Waals surface area contributed by atoms with Gasteiger partial charge < -0.3 is 10.2 Å². The van der Waals surface area contributed by atoms with Gasteiger partial charge in [-0.05, 0) is 60.2 Å². The van der Waals surface area contributed by atoms with E-state index in [4.69, 9.17) is 23.2 Å². The Morgan fingerprint density at radius 1 is 0.909 bits per heavy atom. The van der Waals surface area contributed by atoms with Crippen molar-refractivity contribution in [3.63, 3.8) is 0 Å². The average Bonchev–Trinajstić information content (AvgIpc) is 3.18. The van der Waals surface area contributed by atoms with Crippen LogP contribution in [-0.2, 0) is 13.1 Å². The number of nitrogens with one attached hydrogen (secondary N) is 1. The molecule has 1 aromatic heterocycles. The predicted molar refractivity (Wildman–Crippen MR) is 129 cm³/mol. The number of hydrogen-bond donors (Lipinski definition) is 1. The van der Waals surface area contributed by atoms with Crippen molar-refractivity contribution in [3.8, 4) is 0 Å². The van der Waals surface area contributed by atoms with Crippen molar-refractivity contribution in [1.82, 2.24) is 9.78 Å². The molecule has 33 heavy (non-hydrogen) atoms. The number of amides is 2. The molecular formula is C25H18Cl2N4O2. The molecule has 0 saturated carbocycles. The number of benzene rings is 3. The minimum Gasteiger partial charge on any atom is -0.322 e. The molecule has 0 unspecified atom stereocenters. The van der Waals surface area contributed by atoms with Crippen molar-refractivity contribution in [1.29, 1.82) is 0 Å². The van der Waals surface area contributed by atoms with Crippen LogP contribution >= 0.6 is 23.2 Å². The summed E-state index contributed by atoms with van der Waals surface area (Å²) in [5.74, 6) is -0.485. The van der Waals surface area contributed by atoms with Crippen LogP contribution in [0.5, 0.6) is 0 Å². The Kier molecular flexibility index (Phi) is 5.62. The lowest BCUT2D eigenvalue weighted by Gasteiger charge is -2.22. The number of carbonyl (C=O) groups excluding carboxylic acids is 2. The van der Waals surface area contributed by atoms with Gasteiger partial charge >= 0.3 is 0 Å². The number of para-hydroxylation sites is 1. The lowest BCUT2D eigenvalue weighted by molar-refractivity contribution is 0.0983. The summed E-state index contributed by atoms with van der Waals surface area (Å²) in [6, 6.07) is 21.3. The van der Waals surface area contributed by atoms with Gasteiger partial charge in [0.1, 0.15) is 0 Å². The lowest BCUT2D eigenvalue weighted by Crippen LogP contribution is -2.30. The first-order chi connectivity index (χ1) is 16.0. The van der Waals surface area contributed by atoms with Crippen molar-refractivity contribution in [2.45, 2.75) is 13.1 Å². The second-order valence-electron chi connectivity index (χ2n) is 7.66. The number of aromatic nitrogens is 2. The standard InChI is InChI=1S/C25H18Cl2N4O2/c26-18-7-10-21(22(27)13-18)24(32)29-19-8-5-16(6-9-19)25(33)30-15-20-11-12-28-31(20)14-17-3-1-2-4-23(17)30/h1-13H,14-15H2,(H,29,32). The average molecular weight is 477 g/mol. The Labute approximate surface area is 200 Å². The first-order valence-corrected chi connectivity index (χ1v) is 11.0. The summed E-state index contributed by atoms with van der Waals surface area (Å²) in [7, 11) is 0. The molecule has 6 nitrogen and oxygen atoms in total. The quantitative estimate of drug-likeness (QED) is 0.415. The molecule has 0 atom stereocenters. The van der Waals surface area contributed by atoms with Gasteiger partial charge in [-0.15, -0.1) is 0 Å². The van der Waals surface area contributed by atoms with Crippen LogP contribution in [0.3, 0.4) is 0 Å². The van der Waals surface area contributed by atoms with E-state index in [0.29, 0.717) is 34.9 Å². The molecule has 3 aromatic carbocycles. The van der Waals surface area contributed by atoms with Gasteiger partial charge in [-0.1, -0.05) is 41.4 Å². The van der Waals surface area contributed by atoms with Crippen LogP contribution in [0.4, 0.5) is 11.4 Å². The van der Waals surface area contributed by atoms with E-state index in [0.717, 1.165) is 16.9 Å². The van der Waals surface area contributed by atoms with Crippen LogP contribution < -0.4 is 10.2 Å². The number of anilines is 2. The molecule has 4 aromatic rings. The van der Waals surface area contributed by atoms with E-state index < -0.39 is 0 Å². The van der Waals surface area contributed by atoms with Gasteiger partial charge in [-0.2, -0.15) is 5.10 Å². The van der Waals surface area contributed by atoms with E-state index >= 15 is 0 Å². The summed E-state index contributed by atoms with van der Waals surface area (Å²) < 4.78 is 1.91.